The van der Waals surface area contributed by atoms with Crippen molar-refractivity contribution >= 4 is 17.8 Å². The van der Waals surface area contributed by atoms with Gasteiger partial charge in [-0.25, -0.2) is 0 Å². The van der Waals surface area contributed by atoms with E-state index in [0.29, 0.717) is 6.42 Å². The lowest BCUT2D eigenvalue weighted by Gasteiger charge is -2.44. The summed E-state index contributed by atoms with van der Waals surface area (Å²) in [5.74, 6) is -1.78. The van der Waals surface area contributed by atoms with Crippen molar-refractivity contribution in [3.05, 3.63) is 35.9 Å². The topological polar surface area (TPSA) is 63.7 Å². The van der Waals surface area contributed by atoms with Crippen molar-refractivity contribution in [3.8, 4) is 0 Å². The third-order valence-electron chi connectivity index (χ3n) is 4.68. The van der Waals surface area contributed by atoms with Gasteiger partial charge in [0.2, 0.25) is 11.8 Å². The summed E-state index contributed by atoms with van der Waals surface area (Å²) in [6.45, 7) is 1.97. The van der Waals surface area contributed by atoms with E-state index in [1.165, 1.54) is 12.0 Å². The average Bonchev–Trinajstić information content (AvgIpc) is 2.67. The molecule has 2 aliphatic rings. The highest BCUT2D eigenvalue weighted by molar-refractivity contribution is 6.09. The van der Waals surface area contributed by atoms with Crippen molar-refractivity contribution in [2.45, 2.75) is 19.9 Å². The Morgan fingerprint density at radius 1 is 1.29 bits per heavy atom. The Morgan fingerprint density at radius 2 is 1.95 bits per heavy atom. The molecule has 0 bridgehead atoms. The van der Waals surface area contributed by atoms with Gasteiger partial charge in [0.25, 0.3) is 0 Å². The number of ether oxygens (including phenoxy) is 1. The van der Waals surface area contributed by atoms with Crippen LogP contribution in [0, 0.1) is 17.3 Å². The van der Waals surface area contributed by atoms with Gasteiger partial charge in [0.05, 0.1) is 30.9 Å². The van der Waals surface area contributed by atoms with Crippen molar-refractivity contribution in [2.75, 3.05) is 7.11 Å². The Labute approximate surface area is 122 Å². The van der Waals surface area contributed by atoms with Crippen LogP contribution in [0.15, 0.2) is 30.3 Å². The number of carbonyl (C=O) groups excluding carboxylic acids is 3. The summed E-state index contributed by atoms with van der Waals surface area (Å²) in [7, 11) is 1.31. The summed E-state index contributed by atoms with van der Waals surface area (Å²) in [6.07, 6.45) is 0.389. The zero-order valence-corrected chi connectivity index (χ0v) is 12.0. The Balaban J connectivity index is 1.83. The molecule has 0 radical (unpaired) electrons. The van der Waals surface area contributed by atoms with Crippen molar-refractivity contribution in [1.82, 2.24) is 4.90 Å². The second kappa shape index (κ2) is 4.69. The number of benzene rings is 1. The molecule has 0 N–H and O–H groups in total. The lowest BCUT2D eigenvalue weighted by Crippen LogP contribution is -2.53. The number of likely N-dealkylation sites (tertiary alicyclic amines) is 1. The second-order valence-corrected chi connectivity index (χ2v) is 5.95. The van der Waals surface area contributed by atoms with Gasteiger partial charge in [0.15, 0.2) is 0 Å². The highest BCUT2D eigenvalue weighted by Gasteiger charge is 2.67. The maximum atomic E-state index is 12.5. The van der Waals surface area contributed by atoms with Crippen LogP contribution in [0.25, 0.3) is 0 Å². The largest absolute Gasteiger partial charge is 0.469 e. The molecule has 3 rings (SSSR count). The minimum atomic E-state index is -0.863. The van der Waals surface area contributed by atoms with Crippen LogP contribution in [-0.4, -0.2) is 29.8 Å². The molecule has 1 aromatic rings. The van der Waals surface area contributed by atoms with E-state index in [4.69, 9.17) is 4.74 Å². The standard InChI is InChI=1S/C16H17NO4/c1-16(15(20)21-2)8-11-12(16)14(19)17(13(11)18)9-10-6-4-3-5-7-10/h3-7,11-12H,8-9H2,1-2H3/t11-,12+,16+/m1/s1. The summed E-state index contributed by atoms with van der Waals surface area (Å²) in [6, 6.07) is 9.37. The predicted octanol–water partition coefficient (Wildman–Crippen LogP) is 1.37. The van der Waals surface area contributed by atoms with Gasteiger partial charge in [-0.15, -0.1) is 0 Å². The van der Waals surface area contributed by atoms with E-state index in [1.807, 2.05) is 30.3 Å². The van der Waals surface area contributed by atoms with Crippen LogP contribution in [0.3, 0.4) is 0 Å². The van der Waals surface area contributed by atoms with Crippen molar-refractivity contribution in [1.29, 1.82) is 0 Å². The summed E-state index contributed by atoms with van der Waals surface area (Å²) < 4.78 is 4.78. The first-order chi connectivity index (χ1) is 9.99. The zero-order valence-electron chi connectivity index (χ0n) is 12.0. The Hall–Kier alpha value is -2.17. The van der Waals surface area contributed by atoms with Gasteiger partial charge in [-0.2, -0.15) is 0 Å². The Kier molecular flexibility index (Phi) is 3.08. The summed E-state index contributed by atoms with van der Waals surface area (Å²) in [5, 5.41) is 0. The van der Waals surface area contributed by atoms with E-state index in [9.17, 15) is 14.4 Å². The number of nitrogens with zero attached hydrogens (tertiary/aromatic N) is 1. The molecule has 1 saturated heterocycles. The fourth-order valence-electron chi connectivity index (χ4n) is 3.50. The first kappa shape index (κ1) is 13.8. The van der Waals surface area contributed by atoms with Gasteiger partial charge in [-0.3, -0.25) is 19.3 Å². The molecule has 0 unspecified atom stereocenters. The first-order valence-corrected chi connectivity index (χ1v) is 6.96. The second-order valence-electron chi connectivity index (χ2n) is 5.95. The number of hydrogen-bond donors (Lipinski definition) is 0. The van der Waals surface area contributed by atoms with Crippen LogP contribution in [0.1, 0.15) is 18.9 Å². The molecule has 0 spiro atoms. The van der Waals surface area contributed by atoms with Gasteiger partial charge in [0, 0.05) is 0 Å². The van der Waals surface area contributed by atoms with Crippen molar-refractivity contribution in [3.63, 3.8) is 0 Å². The van der Waals surface area contributed by atoms with Crippen LogP contribution in [0.4, 0.5) is 0 Å². The summed E-state index contributed by atoms with van der Waals surface area (Å²) in [5.41, 5.74) is 0.0395. The molecule has 5 nitrogen and oxygen atoms in total. The molecule has 3 atom stereocenters. The molecular weight excluding hydrogens is 270 g/mol. The van der Waals surface area contributed by atoms with Crippen LogP contribution in [0.5, 0.6) is 0 Å². The molecule has 1 aliphatic carbocycles. The maximum absolute atomic E-state index is 12.5. The molecule has 2 fully saturated rings. The quantitative estimate of drug-likeness (QED) is 0.622. The van der Waals surface area contributed by atoms with Gasteiger partial charge in [0.1, 0.15) is 0 Å². The van der Waals surface area contributed by atoms with E-state index in [1.54, 1.807) is 6.92 Å². The van der Waals surface area contributed by atoms with Crippen molar-refractivity contribution in [2.24, 2.45) is 17.3 Å². The fraction of sp³-hybridized carbons (Fsp3) is 0.438. The van der Waals surface area contributed by atoms with Gasteiger partial charge >= 0.3 is 5.97 Å². The van der Waals surface area contributed by atoms with E-state index >= 15 is 0 Å². The lowest BCUT2D eigenvalue weighted by atomic mass is 9.55. The maximum Gasteiger partial charge on any atom is 0.312 e. The number of fused-ring (bicyclic) bond motifs is 1. The average molecular weight is 287 g/mol. The molecule has 1 aromatic carbocycles. The molecule has 1 aliphatic heterocycles. The van der Waals surface area contributed by atoms with Crippen LogP contribution < -0.4 is 0 Å². The van der Waals surface area contributed by atoms with E-state index in [0.717, 1.165) is 5.56 Å². The number of rotatable bonds is 3. The van der Waals surface area contributed by atoms with Crippen molar-refractivity contribution < 1.29 is 19.1 Å². The third kappa shape index (κ3) is 1.87. The van der Waals surface area contributed by atoms with Crippen LogP contribution in [-0.2, 0) is 25.7 Å². The molecule has 21 heavy (non-hydrogen) atoms. The van der Waals surface area contributed by atoms with Crippen LogP contribution in [0.2, 0.25) is 0 Å². The lowest BCUT2D eigenvalue weighted by molar-refractivity contribution is -0.171. The van der Waals surface area contributed by atoms with Crippen LogP contribution >= 0.6 is 0 Å². The van der Waals surface area contributed by atoms with E-state index in [-0.39, 0.29) is 24.3 Å². The number of methoxy groups -OCH3 is 1. The normalized spacial score (nSPS) is 30.9. The van der Waals surface area contributed by atoms with Gasteiger partial charge < -0.3 is 4.74 Å². The molecule has 1 saturated carbocycles. The summed E-state index contributed by atoms with van der Waals surface area (Å²) >= 11 is 0. The van der Waals surface area contributed by atoms with E-state index < -0.39 is 17.3 Å². The monoisotopic (exact) mass is 287 g/mol. The minimum Gasteiger partial charge on any atom is -0.469 e. The molecule has 110 valence electrons. The molecule has 5 heteroatoms. The molecule has 0 aromatic heterocycles. The van der Waals surface area contributed by atoms with Gasteiger partial charge in [-0.1, -0.05) is 30.3 Å². The number of carbonyl (C=O) groups is 3. The summed E-state index contributed by atoms with van der Waals surface area (Å²) in [4.78, 5) is 38.0. The number of amides is 2. The SMILES string of the molecule is COC(=O)[C@@]1(C)C[C@H]2C(=O)N(Cc3ccccc3)C(=O)[C@H]21. The fourth-order valence-corrected chi connectivity index (χ4v) is 3.50. The number of hydrogen-bond acceptors (Lipinski definition) is 4. The molecular formula is C16H17NO4. The number of esters is 1. The first-order valence-electron chi connectivity index (χ1n) is 6.96. The minimum absolute atomic E-state index is 0.171. The molecule has 1 heterocycles. The highest BCUT2D eigenvalue weighted by Crippen LogP contribution is 2.56. The predicted molar refractivity (Wildman–Crippen MR) is 73.7 cm³/mol. The van der Waals surface area contributed by atoms with Gasteiger partial charge in [-0.05, 0) is 18.9 Å². The zero-order chi connectivity index (χ0) is 15.2. The Bertz CT molecular complexity index is 612. The Morgan fingerprint density at radius 3 is 2.57 bits per heavy atom. The van der Waals surface area contributed by atoms with E-state index in [2.05, 4.69) is 0 Å². The number of imide groups is 1. The molecule has 2 amide bonds. The highest BCUT2D eigenvalue weighted by atomic mass is 16.5. The smallest absolute Gasteiger partial charge is 0.312 e. The third-order valence-corrected chi connectivity index (χ3v) is 4.68.